The summed E-state index contributed by atoms with van der Waals surface area (Å²) in [6.07, 6.45) is -3.71. The standard InChI is InChI=1S/C19H22F3N3O2.HI/c1-26-16-7-6-13(11-17(16)27-2)8-9-24-18(23)25-12-14-4-3-5-15(10-14)19(20,21)22;/h3-7,10-11H,8-9,12H2,1-2H3,(H3,23,24,25);1H. The molecule has 0 amide bonds. The lowest BCUT2D eigenvalue weighted by molar-refractivity contribution is -0.137. The highest BCUT2D eigenvalue weighted by Crippen LogP contribution is 2.29. The van der Waals surface area contributed by atoms with E-state index in [2.05, 4.69) is 10.3 Å². The number of hydrogen-bond acceptors (Lipinski definition) is 3. The van der Waals surface area contributed by atoms with Gasteiger partial charge in [0.15, 0.2) is 17.5 Å². The fraction of sp³-hybridized carbons (Fsp3) is 0.316. The van der Waals surface area contributed by atoms with Crippen molar-refractivity contribution < 1.29 is 22.6 Å². The molecule has 9 heteroatoms. The predicted octanol–water partition coefficient (Wildman–Crippen LogP) is 3.99. The third kappa shape index (κ3) is 7.10. The van der Waals surface area contributed by atoms with E-state index in [0.717, 1.165) is 17.7 Å². The molecule has 0 aliphatic heterocycles. The van der Waals surface area contributed by atoms with Crippen LogP contribution in [0.15, 0.2) is 47.5 Å². The maximum atomic E-state index is 12.7. The Kier molecular flexibility index (Phi) is 9.36. The number of nitrogens with one attached hydrogen (secondary N) is 1. The van der Waals surface area contributed by atoms with Gasteiger partial charge in [-0.1, -0.05) is 18.2 Å². The van der Waals surface area contributed by atoms with Crippen molar-refractivity contribution in [2.45, 2.75) is 19.1 Å². The minimum Gasteiger partial charge on any atom is -0.493 e. The average Bonchev–Trinajstić information content (AvgIpc) is 2.65. The van der Waals surface area contributed by atoms with Crippen molar-refractivity contribution in [3.8, 4) is 11.5 Å². The average molecular weight is 509 g/mol. The van der Waals surface area contributed by atoms with Gasteiger partial charge in [-0.15, -0.1) is 24.0 Å². The summed E-state index contributed by atoms with van der Waals surface area (Å²) < 4.78 is 48.6. The molecule has 0 fully saturated rings. The normalized spacial score (nSPS) is 11.5. The first kappa shape index (κ1) is 23.9. The van der Waals surface area contributed by atoms with Gasteiger partial charge in [-0.2, -0.15) is 13.2 Å². The maximum absolute atomic E-state index is 12.7. The van der Waals surface area contributed by atoms with E-state index in [1.165, 1.54) is 6.07 Å². The second-order valence-corrected chi connectivity index (χ2v) is 5.77. The molecule has 2 rings (SSSR count). The number of nitrogens with zero attached hydrogens (tertiary/aromatic N) is 1. The summed E-state index contributed by atoms with van der Waals surface area (Å²) >= 11 is 0. The van der Waals surface area contributed by atoms with E-state index in [1.807, 2.05) is 18.2 Å². The van der Waals surface area contributed by atoms with E-state index in [1.54, 1.807) is 20.3 Å². The molecule has 0 unspecified atom stereocenters. The number of hydrogen-bond donors (Lipinski definition) is 2. The van der Waals surface area contributed by atoms with Gasteiger partial charge >= 0.3 is 6.18 Å². The smallest absolute Gasteiger partial charge is 0.416 e. The molecule has 28 heavy (non-hydrogen) atoms. The summed E-state index contributed by atoms with van der Waals surface area (Å²) in [4.78, 5) is 4.08. The lowest BCUT2D eigenvalue weighted by Gasteiger charge is -2.10. The van der Waals surface area contributed by atoms with E-state index < -0.39 is 11.7 Å². The number of ether oxygens (including phenoxy) is 2. The molecule has 0 saturated carbocycles. The van der Waals surface area contributed by atoms with Gasteiger partial charge in [0, 0.05) is 6.54 Å². The quantitative estimate of drug-likeness (QED) is 0.337. The highest BCUT2D eigenvalue weighted by Gasteiger charge is 2.30. The van der Waals surface area contributed by atoms with Gasteiger partial charge in [0.1, 0.15) is 0 Å². The summed E-state index contributed by atoms with van der Waals surface area (Å²) in [6.45, 7) is 0.590. The van der Waals surface area contributed by atoms with Crippen LogP contribution in [0.5, 0.6) is 11.5 Å². The number of guanidine groups is 1. The molecule has 0 spiro atoms. The topological polar surface area (TPSA) is 68.9 Å². The second-order valence-electron chi connectivity index (χ2n) is 5.77. The van der Waals surface area contributed by atoms with Crippen LogP contribution >= 0.6 is 24.0 Å². The van der Waals surface area contributed by atoms with Crippen LogP contribution in [0.4, 0.5) is 13.2 Å². The van der Waals surface area contributed by atoms with Crippen LogP contribution < -0.4 is 20.5 Å². The SMILES string of the molecule is COc1ccc(CCNC(N)=NCc2cccc(C(F)(F)F)c2)cc1OC.I. The van der Waals surface area contributed by atoms with Gasteiger partial charge in [0.25, 0.3) is 0 Å². The number of aliphatic imine (C=N–C) groups is 1. The van der Waals surface area contributed by atoms with Gasteiger partial charge in [-0.05, 0) is 41.8 Å². The van der Waals surface area contributed by atoms with E-state index in [9.17, 15) is 13.2 Å². The molecule has 0 atom stereocenters. The molecule has 0 aromatic heterocycles. The van der Waals surface area contributed by atoms with E-state index in [-0.39, 0.29) is 36.5 Å². The van der Waals surface area contributed by atoms with Crippen LogP contribution in [0.1, 0.15) is 16.7 Å². The third-order valence-corrected chi connectivity index (χ3v) is 3.85. The van der Waals surface area contributed by atoms with Crippen LogP contribution in [0.3, 0.4) is 0 Å². The summed E-state index contributed by atoms with van der Waals surface area (Å²) in [5.74, 6) is 1.46. The van der Waals surface area contributed by atoms with Gasteiger partial charge < -0.3 is 20.5 Å². The van der Waals surface area contributed by atoms with Crippen LogP contribution in [-0.2, 0) is 19.1 Å². The maximum Gasteiger partial charge on any atom is 0.416 e. The molecule has 0 aliphatic carbocycles. The van der Waals surface area contributed by atoms with Crippen LogP contribution in [0.25, 0.3) is 0 Å². The number of benzene rings is 2. The predicted molar refractivity (Wildman–Crippen MR) is 113 cm³/mol. The first-order valence-electron chi connectivity index (χ1n) is 8.24. The number of methoxy groups -OCH3 is 2. The van der Waals surface area contributed by atoms with Gasteiger partial charge in [0.2, 0.25) is 0 Å². The Labute approximate surface area is 179 Å². The number of halogens is 4. The Hall–Kier alpha value is -2.17. The number of alkyl halides is 3. The molecule has 0 aliphatic rings. The van der Waals surface area contributed by atoms with E-state index in [0.29, 0.717) is 30.0 Å². The van der Waals surface area contributed by atoms with Crippen LogP contribution in [0, 0.1) is 0 Å². The zero-order valence-electron chi connectivity index (χ0n) is 15.5. The molecule has 0 saturated heterocycles. The van der Waals surface area contributed by atoms with Crippen molar-refractivity contribution in [3.63, 3.8) is 0 Å². The Bertz CT molecular complexity index is 798. The fourth-order valence-electron chi connectivity index (χ4n) is 2.45. The van der Waals surface area contributed by atoms with Crippen molar-refractivity contribution in [1.29, 1.82) is 0 Å². The van der Waals surface area contributed by atoms with Crippen molar-refractivity contribution in [3.05, 3.63) is 59.2 Å². The minimum atomic E-state index is -4.37. The number of nitrogens with two attached hydrogens (primary N) is 1. The summed E-state index contributed by atoms with van der Waals surface area (Å²) in [5, 5.41) is 2.95. The van der Waals surface area contributed by atoms with Crippen molar-refractivity contribution in [1.82, 2.24) is 5.32 Å². The van der Waals surface area contributed by atoms with Crippen molar-refractivity contribution >= 4 is 29.9 Å². The largest absolute Gasteiger partial charge is 0.493 e. The molecule has 0 bridgehead atoms. The lowest BCUT2D eigenvalue weighted by atomic mass is 10.1. The van der Waals surface area contributed by atoms with E-state index >= 15 is 0 Å². The molecule has 2 aromatic carbocycles. The Morgan fingerprint density at radius 3 is 2.39 bits per heavy atom. The molecule has 154 valence electrons. The zero-order chi connectivity index (χ0) is 19.9. The third-order valence-electron chi connectivity index (χ3n) is 3.85. The highest BCUT2D eigenvalue weighted by atomic mass is 127. The molecule has 3 N–H and O–H groups in total. The van der Waals surface area contributed by atoms with E-state index in [4.69, 9.17) is 15.2 Å². The zero-order valence-corrected chi connectivity index (χ0v) is 17.9. The summed E-state index contributed by atoms with van der Waals surface area (Å²) in [5.41, 5.74) is 6.54. The van der Waals surface area contributed by atoms with Gasteiger partial charge in [-0.3, -0.25) is 0 Å². The molecule has 0 heterocycles. The second kappa shape index (κ2) is 11.0. The van der Waals surface area contributed by atoms with Crippen molar-refractivity contribution in [2.75, 3.05) is 20.8 Å². The Balaban J connectivity index is 0.00000392. The fourth-order valence-corrected chi connectivity index (χ4v) is 2.45. The molecule has 5 nitrogen and oxygen atoms in total. The molecular formula is C19H23F3IN3O2. The molecule has 2 aromatic rings. The van der Waals surface area contributed by atoms with Crippen molar-refractivity contribution in [2.24, 2.45) is 10.7 Å². The first-order chi connectivity index (χ1) is 12.8. The van der Waals surface area contributed by atoms with Gasteiger partial charge in [-0.25, -0.2) is 4.99 Å². The lowest BCUT2D eigenvalue weighted by Crippen LogP contribution is -2.33. The summed E-state index contributed by atoms with van der Waals surface area (Å²) in [7, 11) is 3.14. The molecule has 0 radical (unpaired) electrons. The first-order valence-corrected chi connectivity index (χ1v) is 8.24. The van der Waals surface area contributed by atoms with Crippen LogP contribution in [-0.4, -0.2) is 26.7 Å². The van der Waals surface area contributed by atoms with Gasteiger partial charge in [0.05, 0.1) is 26.3 Å². The monoisotopic (exact) mass is 509 g/mol. The Morgan fingerprint density at radius 1 is 1.04 bits per heavy atom. The van der Waals surface area contributed by atoms with Crippen LogP contribution in [0.2, 0.25) is 0 Å². The number of rotatable bonds is 7. The summed E-state index contributed by atoms with van der Waals surface area (Å²) in [6, 6.07) is 10.6. The minimum absolute atomic E-state index is 0. The highest BCUT2D eigenvalue weighted by molar-refractivity contribution is 14.0. The Morgan fingerprint density at radius 2 is 1.75 bits per heavy atom. The molecular weight excluding hydrogens is 486 g/mol.